The van der Waals surface area contributed by atoms with Crippen molar-refractivity contribution < 1.29 is 38.4 Å². The first-order chi connectivity index (χ1) is 5.43. The maximum absolute atomic E-state index is 11.0. The van der Waals surface area contributed by atoms with Crippen molar-refractivity contribution in [3.63, 3.8) is 0 Å². The predicted octanol–water partition coefficient (Wildman–Crippen LogP) is -3.36. The van der Waals surface area contributed by atoms with Gasteiger partial charge in [0, 0.05) is 5.57 Å². The van der Waals surface area contributed by atoms with E-state index in [1.807, 2.05) is 21.0 Å². The minimum atomic E-state index is -0.302. The van der Waals surface area contributed by atoms with E-state index in [2.05, 4.69) is 6.58 Å². The lowest BCUT2D eigenvalue weighted by molar-refractivity contribution is -0.861. The molecule has 0 radical (unpaired) electrons. The molecule has 0 heterocycles. The maximum Gasteiger partial charge on any atom is 0.333 e. The van der Waals surface area contributed by atoms with Crippen LogP contribution in [0, 0.1) is 0 Å². The molecule has 0 aliphatic heterocycles. The van der Waals surface area contributed by atoms with E-state index in [1.165, 1.54) is 4.90 Å². The van der Waals surface area contributed by atoms with E-state index >= 15 is 0 Å². The summed E-state index contributed by atoms with van der Waals surface area (Å²) in [6, 6.07) is 0. The Morgan fingerprint density at radius 3 is 2.31 bits per heavy atom. The quantitative estimate of drug-likeness (QED) is 0.334. The van der Waals surface area contributed by atoms with Gasteiger partial charge in [-0.05, 0) is 13.8 Å². The van der Waals surface area contributed by atoms with Gasteiger partial charge in [-0.3, -0.25) is 0 Å². The first-order valence-electron chi connectivity index (χ1n) is 4.09. The molecular formula is C9H18INO2. The number of carbonyl (C=O) groups excluding carboxylic acids is 1. The van der Waals surface area contributed by atoms with Gasteiger partial charge in [-0.15, -0.1) is 0 Å². The van der Waals surface area contributed by atoms with E-state index in [0.717, 1.165) is 6.54 Å². The van der Waals surface area contributed by atoms with Crippen LogP contribution in [-0.2, 0) is 9.53 Å². The van der Waals surface area contributed by atoms with Gasteiger partial charge in [-0.1, -0.05) is 6.58 Å². The lowest BCUT2D eigenvalue weighted by atomic mass is 10.3. The van der Waals surface area contributed by atoms with Crippen molar-refractivity contribution in [1.29, 1.82) is 0 Å². The summed E-state index contributed by atoms with van der Waals surface area (Å²) in [6.45, 7) is 7.86. The Morgan fingerprint density at radius 1 is 1.54 bits per heavy atom. The highest BCUT2D eigenvalue weighted by Gasteiger charge is 2.11. The molecule has 0 aromatic heterocycles. The number of hydrogen-bond donors (Lipinski definition) is 1. The number of hydrogen-bond acceptors (Lipinski definition) is 2. The number of ether oxygens (including phenoxy) is 1. The molecule has 0 aliphatic carbocycles. The van der Waals surface area contributed by atoms with Crippen molar-refractivity contribution in [1.82, 2.24) is 0 Å². The van der Waals surface area contributed by atoms with Crippen molar-refractivity contribution in [2.75, 3.05) is 20.6 Å². The molecule has 0 bridgehead atoms. The fraction of sp³-hybridized carbons (Fsp3) is 0.667. The van der Waals surface area contributed by atoms with Crippen molar-refractivity contribution in [3.8, 4) is 0 Å². The van der Waals surface area contributed by atoms with E-state index < -0.39 is 0 Å². The highest BCUT2D eigenvalue weighted by atomic mass is 127. The van der Waals surface area contributed by atoms with Gasteiger partial charge in [-0.2, -0.15) is 0 Å². The number of likely N-dealkylation sites (N-methyl/N-ethyl adjacent to an activating group) is 1. The van der Waals surface area contributed by atoms with Crippen LogP contribution in [0.15, 0.2) is 12.2 Å². The Bertz CT molecular complexity index is 180. The number of nitrogens with one attached hydrogen (secondary N) is 1. The summed E-state index contributed by atoms with van der Waals surface area (Å²) < 4.78 is 5.06. The molecule has 4 heteroatoms. The van der Waals surface area contributed by atoms with Crippen LogP contribution in [0.2, 0.25) is 0 Å². The highest BCUT2D eigenvalue weighted by molar-refractivity contribution is 5.87. The molecule has 0 saturated carbocycles. The molecule has 1 N–H and O–H groups in total. The Hall–Kier alpha value is -0.100. The molecule has 0 amide bonds. The monoisotopic (exact) mass is 299 g/mol. The van der Waals surface area contributed by atoms with Gasteiger partial charge in [0.15, 0.2) is 0 Å². The highest BCUT2D eigenvalue weighted by Crippen LogP contribution is 1.95. The van der Waals surface area contributed by atoms with Crippen LogP contribution in [0.4, 0.5) is 0 Å². The fourth-order valence-electron chi connectivity index (χ4n) is 0.900. The third kappa shape index (κ3) is 8.24. The van der Waals surface area contributed by atoms with Gasteiger partial charge < -0.3 is 33.6 Å². The standard InChI is InChI=1S/C9H17NO2.HI/c1-7(2)9(11)12-8(3)6-10(4)5;/h8H,1,6H2,2-5H3;1H. The number of rotatable bonds is 4. The SMILES string of the molecule is C=C(C)C(=O)OC(C)C[NH+](C)C.[I-]. The minimum absolute atomic E-state index is 0. The second kappa shape index (κ2) is 7.32. The van der Waals surface area contributed by atoms with E-state index in [4.69, 9.17) is 4.74 Å². The predicted molar refractivity (Wildman–Crippen MR) is 48.0 cm³/mol. The summed E-state index contributed by atoms with van der Waals surface area (Å²) in [7, 11) is 4.04. The molecule has 1 atom stereocenters. The van der Waals surface area contributed by atoms with Crippen molar-refractivity contribution >= 4 is 5.97 Å². The van der Waals surface area contributed by atoms with Gasteiger partial charge in [0.2, 0.25) is 0 Å². The van der Waals surface area contributed by atoms with E-state index in [9.17, 15) is 4.79 Å². The molecule has 0 aromatic rings. The first kappa shape index (κ1) is 15.4. The van der Waals surface area contributed by atoms with Crippen LogP contribution in [0.1, 0.15) is 13.8 Å². The first-order valence-corrected chi connectivity index (χ1v) is 4.09. The maximum atomic E-state index is 11.0. The molecule has 1 unspecified atom stereocenters. The second-order valence-corrected chi connectivity index (χ2v) is 3.41. The number of halogens is 1. The summed E-state index contributed by atoms with van der Waals surface area (Å²) in [6.07, 6.45) is -0.0424. The zero-order valence-corrected chi connectivity index (χ0v) is 10.8. The van der Waals surface area contributed by atoms with Gasteiger partial charge >= 0.3 is 5.97 Å². The molecule has 78 valence electrons. The van der Waals surface area contributed by atoms with Crippen molar-refractivity contribution in [2.24, 2.45) is 0 Å². The largest absolute Gasteiger partial charge is 1.00 e. The van der Waals surface area contributed by atoms with Gasteiger partial charge in [-0.25, -0.2) is 4.79 Å². The number of carbonyl (C=O) groups is 1. The van der Waals surface area contributed by atoms with Crippen LogP contribution < -0.4 is 28.9 Å². The van der Waals surface area contributed by atoms with Crippen molar-refractivity contribution in [2.45, 2.75) is 20.0 Å². The average molecular weight is 299 g/mol. The molecule has 0 spiro atoms. The molecule has 0 aliphatic rings. The van der Waals surface area contributed by atoms with Crippen LogP contribution >= 0.6 is 0 Å². The normalized spacial score (nSPS) is 11.8. The second-order valence-electron chi connectivity index (χ2n) is 3.41. The lowest BCUT2D eigenvalue weighted by Gasteiger charge is -2.15. The summed E-state index contributed by atoms with van der Waals surface area (Å²) in [5.41, 5.74) is 0.454. The molecular weight excluding hydrogens is 281 g/mol. The molecule has 0 saturated heterocycles. The van der Waals surface area contributed by atoms with Crippen LogP contribution in [0.3, 0.4) is 0 Å². The Kier molecular flexibility index (Phi) is 8.65. The summed E-state index contributed by atoms with van der Waals surface area (Å²) in [5.74, 6) is -0.302. The van der Waals surface area contributed by atoms with Crippen LogP contribution in [-0.4, -0.2) is 32.7 Å². The Balaban J connectivity index is 0. The zero-order valence-electron chi connectivity index (χ0n) is 8.69. The lowest BCUT2D eigenvalue weighted by Crippen LogP contribution is -3.06. The average Bonchev–Trinajstić information content (AvgIpc) is 1.84. The van der Waals surface area contributed by atoms with Gasteiger partial charge in [0.1, 0.15) is 12.6 Å². The summed E-state index contributed by atoms with van der Waals surface area (Å²) in [4.78, 5) is 12.3. The third-order valence-electron chi connectivity index (χ3n) is 1.35. The van der Waals surface area contributed by atoms with Crippen LogP contribution in [0.5, 0.6) is 0 Å². The minimum Gasteiger partial charge on any atom is -1.00 e. The van der Waals surface area contributed by atoms with E-state index in [1.54, 1.807) is 6.92 Å². The molecule has 13 heavy (non-hydrogen) atoms. The number of esters is 1. The third-order valence-corrected chi connectivity index (χ3v) is 1.35. The molecule has 3 nitrogen and oxygen atoms in total. The Morgan fingerprint density at radius 2 is 2.00 bits per heavy atom. The van der Waals surface area contributed by atoms with E-state index in [-0.39, 0.29) is 36.0 Å². The Labute approximate surface area is 97.1 Å². The van der Waals surface area contributed by atoms with Crippen LogP contribution in [0.25, 0.3) is 0 Å². The van der Waals surface area contributed by atoms with E-state index in [0.29, 0.717) is 5.57 Å². The fourth-order valence-corrected chi connectivity index (χ4v) is 0.900. The summed E-state index contributed by atoms with van der Waals surface area (Å²) in [5, 5.41) is 0. The topological polar surface area (TPSA) is 30.7 Å². The molecule has 0 fully saturated rings. The molecule has 0 rings (SSSR count). The van der Waals surface area contributed by atoms with Gasteiger partial charge in [0.25, 0.3) is 0 Å². The smallest absolute Gasteiger partial charge is 0.333 e. The van der Waals surface area contributed by atoms with Gasteiger partial charge in [0.05, 0.1) is 14.1 Å². The zero-order chi connectivity index (χ0) is 9.72. The number of quaternary nitrogens is 1. The van der Waals surface area contributed by atoms with Crippen molar-refractivity contribution in [3.05, 3.63) is 12.2 Å². The summed E-state index contributed by atoms with van der Waals surface area (Å²) >= 11 is 0. The molecule has 0 aromatic carbocycles.